The van der Waals surface area contributed by atoms with Gasteiger partial charge in [0.15, 0.2) is 11.5 Å². The van der Waals surface area contributed by atoms with E-state index >= 15 is 0 Å². The summed E-state index contributed by atoms with van der Waals surface area (Å²) in [4.78, 5) is 26.4. The van der Waals surface area contributed by atoms with Crippen LogP contribution in [-0.2, 0) is 0 Å². The zero-order valence-electron chi connectivity index (χ0n) is 13.2. The molecule has 23 heavy (non-hydrogen) atoms. The van der Waals surface area contributed by atoms with Crippen LogP contribution in [0.3, 0.4) is 0 Å². The lowest BCUT2D eigenvalue weighted by Crippen LogP contribution is -2.57. The number of nitrogens with one attached hydrogen (secondary N) is 1. The van der Waals surface area contributed by atoms with Gasteiger partial charge in [0, 0.05) is 30.5 Å². The first-order valence-electron chi connectivity index (χ1n) is 8.18. The number of piperidine rings is 3. The zero-order valence-corrected chi connectivity index (χ0v) is 13.2. The minimum atomic E-state index is -0.112. The molecule has 3 saturated heterocycles. The Morgan fingerprint density at radius 1 is 1.22 bits per heavy atom. The quantitative estimate of drug-likeness (QED) is 0.884. The molecular formula is C18H20N2O3. The van der Waals surface area contributed by atoms with Gasteiger partial charge in [-0.15, -0.1) is 0 Å². The molecule has 4 heterocycles. The van der Waals surface area contributed by atoms with Gasteiger partial charge in [0.2, 0.25) is 0 Å². The van der Waals surface area contributed by atoms with E-state index in [4.69, 9.17) is 4.42 Å². The molecule has 0 saturated carbocycles. The van der Waals surface area contributed by atoms with Gasteiger partial charge in [0.05, 0.1) is 0 Å². The Labute approximate surface area is 134 Å². The number of furan rings is 1. The summed E-state index contributed by atoms with van der Waals surface area (Å²) in [7, 11) is 0. The Kier molecular flexibility index (Phi) is 3.45. The van der Waals surface area contributed by atoms with Crippen LogP contribution < -0.4 is 5.32 Å². The highest BCUT2D eigenvalue weighted by molar-refractivity contribution is 6.00. The number of fused-ring (bicyclic) bond motifs is 4. The van der Waals surface area contributed by atoms with Crippen molar-refractivity contribution in [2.75, 3.05) is 19.6 Å². The van der Waals surface area contributed by atoms with Gasteiger partial charge < -0.3 is 14.6 Å². The highest BCUT2D eigenvalue weighted by Crippen LogP contribution is 2.28. The van der Waals surface area contributed by atoms with Gasteiger partial charge >= 0.3 is 0 Å². The lowest BCUT2D eigenvalue weighted by atomic mass is 9.84. The van der Waals surface area contributed by atoms with Crippen LogP contribution in [0.1, 0.15) is 40.7 Å². The predicted octanol–water partition coefficient (Wildman–Crippen LogP) is 2.46. The van der Waals surface area contributed by atoms with Gasteiger partial charge in [-0.2, -0.15) is 0 Å². The van der Waals surface area contributed by atoms with E-state index in [0.717, 1.165) is 25.0 Å². The number of carbonyl (C=O) groups is 2. The first-order chi connectivity index (χ1) is 11.1. The van der Waals surface area contributed by atoms with E-state index < -0.39 is 0 Å². The topological polar surface area (TPSA) is 62.6 Å². The smallest absolute Gasteiger partial charge is 0.251 e. The van der Waals surface area contributed by atoms with Crippen LogP contribution in [-0.4, -0.2) is 42.3 Å². The number of rotatable bonds is 3. The lowest BCUT2D eigenvalue weighted by molar-refractivity contribution is 0.0620. The third-order valence-electron chi connectivity index (χ3n) is 5.10. The van der Waals surface area contributed by atoms with Crippen LogP contribution in [0.25, 0.3) is 11.0 Å². The molecule has 5 nitrogen and oxygen atoms in total. The van der Waals surface area contributed by atoms with Gasteiger partial charge in [-0.25, -0.2) is 0 Å². The van der Waals surface area contributed by atoms with Crippen LogP contribution in [0, 0.1) is 5.92 Å². The fourth-order valence-corrected chi connectivity index (χ4v) is 3.74. The van der Waals surface area contributed by atoms with Crippen LogP contribution in [0.2, 0.25) is 0 Å². The van der Waals surface area contributed by atoms with Crippen LogP contribution in [0.15, 0.2) is 28.7 Å². The highest BCUT2D eigenvalue weighted by Gasteiger charge is 2.34. The van der Waals surface area contributed by atoms with Gasteiger partial charge in [-0.1, -0.05) is 0 Å². The molecule has 0 radical (unpaired) electrons. The van der Waals surface area contributed by atoms with E-state index in [-0.39, 0.29) is 17.7 Å². The Balaban J connectivity index is 1.54. The lowest BCUT2D eigenvalue weighted by Gasteiger charge is -2.44. The molecule has 1 N–H and O–H groups in total. The minimum Gasteiger partial charge on any atom is -0.453 e. The minimum absolute atomic E-state index is 0.0452. The average molecular weight is 312 g/mol. The molecule has 3 aliphatic heterocycles. The molecule has 0 aliphatic carbocycles. The summed E-state index contributed by atoms with van der Waals surface area (Å²) < 4.78 is 5.47. The van der Waals surface area contributed by atoms with E-state index in [1.54, 1.807) is 24.3 Å². The monoisotopic (exact) mass is 312 g/mol. The van der Waals surface area contributed by atoms with Gasteiger partial charge in [0.25, 0.3) is 5.91 Å². The van der Waals surface area contributed by atoms with Gasteiger partial charge in [0.1, 0.15) is 5.58 Å². The summed E-state index contributed by atoms with van der Waals surface area (Å²) in [5, 5.41) is 3.97. The molecular weight excluding hydrogens is 292 g/mol. The van der Waals surface area contributed by atoms with Crippen LogP contribution in [0.5, 0.6) is 0 Å². The second kappa shape index (κ2) is 5.49. The van der Waals surface area contributed by atoms with Gasteiger partial charge in [-0.3, -0.25) is 9.59 Å². The number of Topliss-reactive ketones (excluding diaryl/α,β-unsaturated/α-hetero) is 1. The summed E-state index contributed by atoms with van der Waals surface area (Å²) >= 11 is 0. The van der Waals surface area contributed by atoms with E-state index in [2.05, 4.69) is 10.2 Å². The first-order valence-corrected chi connectivity index (χ1v) is 8.18. The predicted molar refractivity (Wildman–Crippen MR) is 86.6 cm³/mol. The number of ketones is 1. The van der Waals surface area contributed by atoms with Crippen LogP contribution in [0.4, 0.5) is 0 Å². The van der Waals surface area contributed by atoms with Crippen molar-refractivity contribution < 1.29 is 14.0 Å². The molecule has 3 fully saturated rings. The molecule has 2 aromatic rings. The first kappa shape index (κ1) is 14.5. The van der Waals surface area contributed by atoms with Crippen molar-refractivity contribution in [1.29, 1.82) is 0 Å². The molecule has 1 aromatic heterocycles. The Morgan fingerprint density at radius 3 is 2.65 bits per heavy atom. The standard InChI is InChI=1S/C18H20N2O3/c1-11(21)17-9-14-8-13(2-3-16(14)23-17)18(22)19-15-10-20-6-4-12(15)5-7-20/h2-3,8-9,12,15H,4-7,10H2,1H3,(H,19,22). The van der Waals surface area contributed by atoms with Crippen molar-refractivity contribution in [3.05, 3.63) is 35.6 Å². The summed E-state index contributed by atoms with van der Waals surface area (Å²) in [5.74, 6) is 0.775. The average Bonchev–Trinajstić information content (AvgIpc) is 2.99. The van der Waals surface area contributed by atoms with Crippen molar-refractivity contribution >= 4 is 22.7 Å². The van der Waals surface area contributed by atoms with E-state index in [1.807, 2.05) is 0 Å². The summed E-state index contributed by atoms with van der Waals surface area (Å²) in [6, 6.07) is 7.25. The summed E-state index contributed by atoms with van der Waals surface area (Å²) in [6.07, 6.45) is 2.35. The van der Waals surface area contributed by atoms with Crippen molar-refractivity contribution in [2.45, 2.75) is 25.8 Å². The molecule has 1 unspecified atom stereocenters. The van der Waals surface area contributed by atoms with Crippen molar-refractivity contribution in [2.24, 2.45) is 5.92 Å². The van der Waals surface area contributed by atoms with Gasteiger partial charge in [-0.05, 0) is 56.1 Å². The molecule has 3 aliphatic rings. The molecule has 2 bridgehead atoms. The fourth-order valence-electron chi connectivity index (χ4n) is 3.74. The van der Waals surface area contributed by atoms with E-state index in [1.165, 1.54) is 19.8 Å². The Bertz CT molecular complexity index is 772. The maximum absolute atomic E-state index is 12.5. The zero-order chi connectivity index (χ0) is 16.0. The van der Waals surface area contributed by atoms with Crippen molar-refractivity contribution in [1.82, 2.24) is 10.2 Å². The molecule has 5 heteroatoms. The Hall–Kier alpha value is -2.14. The number of carbonyl (C=O) groups excluding carboxylic acids is 2. The summed E-state index contributed by atoms with van der Waals surface area (Å²) in [5.41, 5.74) is 1.25. The number of hydrogen-bond donors (Lipinski definition) is 1. The molecule has 1 aromatic carbocycles. The van der Waals surface area contributed by atoms with Crippen molar-refractivity contribution in [3.63, 3.8) is 0 Å². The summed E-state index contributed by atoms with van der Waals surface area (Å²) in [6.45, 7) is 4.75. The maximum atomic E-state index is 12.5. The number of benzene rings is 1. The molecule has 1 amide bonds. The maximum Gasteiger partial charge on any atom is 0.251 e. The van der Waals surface area contributed by atoms with Crippen molar-refractivity contribution in [3.8, 4) is 0 Å². The largest absolute Gasteiger partial charge is 0.453 e. The normalized spacial score (nSPS) is 26.4. The second-order valence-electron chi connectivity index (χ2n) is 6.64. The van der Waals surface area contributed by atoms with E-state index in [9.17, 15) is 9.59 Å². The molecule has 5 rings (SSSR count). The second-order valence-corrected chi connectivity index (χ2v) is 6.64. The SMILES string of the molecule is CC(=O)c1cc2cc(C(=O)NC3CN4CCC3CC4)ccc2o1. The van der Waals surface area contributed by atoms with Crippen LogP contribution >= 0.6 is 0 Å². The third-order valence-corrected chi connectivity index (χ3v) is 5.10. The number of hydrogen-bond acceptors (Lipinski definition) is 4. The molecule has 1 atom stereocenters. The number of amides is 1. The highest BCUT2D eigenvalue weighted by atomic mass is 16.3. The molecule has 120 valence electrons. The number of nitrogens with zero attached hydrogens (tertiary/aromatic N) is 1. The Morgan fingerprint density at radius 2 is 2.00 bits per heavy atom. The fraction of sp³-hybridized carbons (Fsp3) is 0.444. The van der Waals surface area contributed by atoms with E-state index in [0.29, 0.717) is 22.8 Å². The molecule has 0 spiro atoms. The third kappa shape index (κ3) is 2.65.